The zero-order valence-electron chi connectivity index (χ0n) is 6.89. The Bertz CT molecular complexity index is 508. The predicted molar refractivity (Wildman–Crippen MR) is 45.5 cm³/mol. The molecule has 0 heterocycles. The molecule has 14 heavy (non-hydrogen) atoms. The number of fused-ring (bicyclic) bond motifs is 1. The molecule has 72 valence electrons. The number of rotatable bonds is 0. The van der Waals surface area contributed by atoms with Crippen molar-refractivity contribution in [2.45, 2.75) is 0 Å². The van der Waals surface area contributed by atoms with Crippen LogP contribution in [0.1, 0.15) is 0 Å². The van der Waals surface area contributed by atoms with Crippen LogP contribution in [0.15, 0.2) is 24.3 Å². The molecule has 0 radical (unpaired) electrons. The van der Waals surface area contributed by atoms with E-state index in [0.717, 1.165) is 6.07 Å². The summed E-state index contributed by atoms with van der Waals surface area (Å²) < 4.78 is 38.6. The average Bonchev–Trinajstić information content (AvgIpc) is 2.17. The highest BCUT2D eigenvalue weighted by atomic mass is 19.2. The van der Waals surface area contributed by atoms with Gasteiger partial charge >= 0.3 is 0 Å². The van der Waals surface area contributed by atoms with Gasteiger partial charge in [-0.15, -0.1) is 0 Å². The van der Waals surface area contributed by atoms with E-state index in [1.165, 1.54) is 18.2 Å². The molecule has 0 saturated carbocycles. The van der Waals surface area contributed by atoms with Gasteiger partial charge in [-0.2, -0.15) is 0 Å². The fourth-order valence-electron chi connectivity index (χ4n) is 1.31. The molecular formula is C10H5F3O. The molecular weight excluding hydrogens is 193 g/mol. The number of aromatic hydroxyl groups is 1. The van der Waals surface area contributed by atoms with E-state index in [4.69, 9.17) is 0 Å². The monoisotopic (exact) mass is 198 g/mol. The Morgan fingerprint density at radius 1 is 0.929 bits per heavy atom. The maximum atomic E-state index is 13.1. The molecule has 0 unspecified atom stereocenters. The van der Waals surface area contributed by atoms with Crippen molar-refractivity contribution in [1.29, 1.82) is 0 Å². The second-order valence-electron chi connectivity index (χ2n) is 2.86. The molecule has 1 nitrogen and oxygen atoms in total. The van der Waals surface area contributed by atoms with Crippen molar-refractivity contribution in [3.05, 3.63) is 41.7 Å². The molecule has 0 spiro atoms. The lowest BCUT2D eigenvalue weighted by Gasteiger charge is -2.03. The second kappa shape index (κ2) is 2.90. The largest absolute Gasteiger partial charge is 0.507 e. The van der Waals surface area contributed by atoms with Crippen molar-refractivity contribution in [1.82, 2.24) is 0 Å². The van der Waals surface area contributed by atoms with Crippen molar-refractivity contribution in [3.8, 4) is 5.75 Å². The third-order valence-electron chi connectivity index (χ3n) is 1.99. The van der Waals surface area contributed by atoms with Gasteiger partial charge in [-0.25, -0.2) is 13.2 Å². The third-order valence-corrected chi connectivity index (χ3v) is 1.99. The molecule has 2 rings (SSSR count). The molecule has 4 heteroatoms. The first kappa shape index (κ1) is 8.87. The molecule has 0 aliphatic rings. The van der Waals surface area contributed by atoms with Gasteiger partial charge in [0.2, 0.25) is 0 Å². The van der Waals surface area contributed by atoms with Crippen LogP contribution in [0.4, 0.5) is 13.2 Å². The van der Waals surface area contributed by atoms with Gasteiger partial charge in [0.05, 0.1) is 0 Å². The molecule has 0 amide bonds. The minimum atomic E-state index is -1.52. The molecule has 2 aromatic carbocycles. The van der Waals surface area contributed by atoms with E-state index < -0.39 is 17.5 Å². The molecule has 0 aromatic heterocycles. The SMILES string of the molecule is Oc1cccc2c(F)c(F)c(F)cc12. The molecule has 0 bridgehead atoms. The van der Waals surface area contributed by atoms with Crippen LogP contribution in [0.3, 0.4) is 0 Å². The van der Waals surface area contributed by atoms with Gasteiger partial charge in [-0.05, 0) is 12.1 Å². The van der Waals surface area contributed by atoms with E-state index >= 15 is 0 Å². The summed E-state index contributed by atoms with van der Waals surface area (Å²) in [6.07, 6.45) is 0. The highest BCUT2D eigenvalue weighted by Gasteiger charge is 2.14. The number of halogens is 3. The Kier molecular flexibility index (Phi) is 1.84. The number of hydrogen-bond donors (Lipinski definition) is 1. The second-order valence-corrected chi connectivity index (χ2v) is 2.86. The van der Waals surface area contributed by atoms with E-state index in [1.54, 1.807) is 0 Å². The smallest absolute Gasteiger partial charge is 0.195 e. The van der Waals surface area contributed by atoms with Crippen LogP contribution >= 0.6 is 0 Å². The minimum Gasteiger partial charge on any atom is -0.507 e. The number of hydrogen-bond acceptors (Lipinski definition) is 1. The van der Waals surface area contributed by atoms with Crippen LogP contribution in [-0.4, -0.2) is 5.11 Å². The van der Waals surface area contributed by atoms with E-state index in [-0.39, 0.29) is 16.5 Å². The highest BCUT2D eigenvalue weighted by Crippen LogP contribution is 2.29. The van der Waals surface area contributed by atoms with Crippen LogP contribution in [-0.2, 0) is 0 Å². The van der Waals surface area contributed by atoms with Crippen molar-refractivity contribution in [3.63, 3.8) is 0 Å². The van der Waals surface area contributed by atoms with Crippen LogP contribution in [0.5, 0.6) is 5.75 Å². The van der Waals surface area contributed by atoms with Crippen molar-refractivity contribution in [2.75, 3.05) is 0 Å². The predicted octanol–water partition coefficient (Wildman–Crippen LogP) is 2.96. The standard InChI is InChI=1S/C10H5F3O/c11-7-4-6-5(9(12)10(7)13)2-1-3-8(6)14/h1-4,14H. The van der Waals surface area contributed by atoms with Gasteiger partial charge in [0.1, 0.15) is 5.75 Å². The molecule has 0 aliphatic carbocycles. The Balaban J connectivity index is 2.98. The average molecular weight is 198 g/mol. The molecule has 0 aliphatic heterocycles. The molecule has 0 atom stereocenters. The number of phenolic OH excluding ortho intramolecular Hbond substituents is 1. The summed E-state index contributed by atoms with van der Waals surface area (Å²) in [6.45, 7) is 0. The van der Waals surface area contributed by atoms with Gasteiger partial charge in [0.25, 0.3) is 0 Å². The quantitative estimate of drug-likeness (QED) is 0.645. The lowest BCUT2D eigenvalue weighted by molar-refractivity contribution is 0.451. The first-order chi connectivity index (χ1) is 6.61. The normalized spacial score (nSPS) is 10.8. The molecule has 0 fully saturated rings. The fourth-order valence-corrected chi connectivity index (χ4v) is 1.31. The first-order valence-electron chi connectivity index (χ1n) is 3.86. The summed E-state index contributed by atoms with van der Waals surface area (Å²) >= 11 is 0. The maximum absolute atomic E-state index is 13.1. The topological polar surface area (TPSA) is 20.2 Å². The van der Waals surface area contributed by atoms with Crippen molar-refractivity contribution < 1.29 is 18.3 Å². The Morgan fingerprint density at radius 3 is 2.36 bits per heavy atom. The zero-order chi connectivity index (χ0) is 10.3. The van der Waals surface area contributed by atoms with E-state index in [0.29, 0.717) is 0 Å². The summed E-state index contributed by atoms with van der Waals surface area (Å²) in [6, 6.07) is 4.67. The summed E-state index contributed by atoms with van der Waals surface area (Å²) in [5, 5.41) is 9.08. The van der Waals surface area contributed by atoms with E-state index in [2.05, 4.69) is 0 Å². The summed E-state index contributed by atoms with van der Waals surface area (Å²) in [5.74, 6) is -4.39. The number of phenols is 1. The lowest BCUT2D eigenvalue weighted by Crippen LogP contribution is -1.91. The van der Waals surface area contributed by atoms with Crippen LogP contribution in [0.25, 0.3) is 10.8 Å². The van der Waals surface area contributed by atoms with Crippen LogP contribution in [0.2, 0.25) is 0 Å². The summed E-state index contributed by atoms with van der Waals surface area (Å²) in [7, 11) is 0. The highest BCUT2D eigenvalue weighted by molar-refractivity contribution is 5.88. The van der Waals surface area contributed by atoms with Crippen LogP contribution in [0, 0.1) is 17.5 Å². The zero-order valence-corrected chi connectivity index (χ0v) is 6.89. The first-order valence-corrected chi connectivity index (χ1v) is 3.86. The van der Waals surface area contributed by atoms with Crippen LogP contribution < -0.4 is 0 Å². The van der Waals surface area contributed by atoms with Gasteiger partial charge in [-0.1, -0.05) is 12.1 Å². The summed E-state index contributed by atoms with van der Waals surface area (Å²) in [4.78, 5) is 0. The van der Waals surface area contributed by atoms with Gasteiger partial charge in [0.15, 0.2) is 17.5 Å². The van der Waals surface area contributed by atoms with Gasteiger partial charge in [-0.3, -0.25) is 0 Å². The van der Waals surface area contributed by atoms with Gasteiger partial charge < -0.3 is 5.11 Å². The Morgan fingerprint density at radius 2 is 1.64 bits per heavy atom. The fraction of sp³-hybridized carbons (Fsp3) is 0. The van der Waals surface area contributed by atoms with Gasteiger partial charge in [0, 0.05) is 10.8 Å². The minimum absolute atomic E-state index is 0.0381. The summed E-state index contributed by atoms with van der Waals surface area (Å²) in [5.41, 5.74) is 0. The molecule has 2 aromatic rings. The number of benzene rings is 2. The van der Waals surface area contributed by atoms with Crippen molar-refractivity contribution >= 4 is 10.8 Å². The Labute approximate surface area is 77.4 Å². The van der Waals surface area contributed by atoms with E-state index in [1.807, 2.05) is 0 Å². The molecule has 1 N–H and O–H groups in total. The maximum Gasteiger partial charge on any atom is 0.195 e. The Hall–Kier alpha value is -1.71. The van der Waals surface area contributed by atoms with Crippen molar-refractivity contribution in [2.24, 2.45) is 0 Å². The van der Waals surface area contributed by atoms with E-state index in [9.17, 15) is 18.3 Å². The lowest BCUT2D eigenvalue weighted by atomic mass is 10.1. The third kappa shape index (κ3) is 1.11. The molecule has 0 saturated heterocycles.